The summed E-state index contributed by atoms with van der Waals surface area (Å²) in [4.78, 5) is 67.9. The van der Waals surface area contributed by atoms with Crippen LogP contribution >= 0.6 is 24.0 Å². The lowest BCUT2D eigenvalue weighted by atomic mass is 10.0. The number of halogens is 2. The van der Waals surface area contributed by atoms with Gasteiger partial charge in [0, 0.05) is 12.8 Å². The zero-order valence-electron chi connectivity index (χ0n) is 38.7. The molecule has 0 bridgehead atoms. The van der Waals surface area contributed by atoms with Crippen LogP contribution in [-0.2, 0) is 47.7 Å². The number of rotatable bonds is 37. The lowest BCUT2D eigenvalue weighted by Crippen LogP contribution is -2.48. The summed E-state index contributed by atoms with van der Waals surface area (Å²) in [7, 11) is 0. The summed E-state index contributed by atoms with van der Waals surface area (Å²) < 4.78 is 18.7. The molecule has 0 atom stereocenters. The second-order valence-electron chi connectivity index (χ2n) is 14.8. The molecule has 60 heavy (non-hydrogen) atoms. The van der Waals surface area contributed by atoms with E-state index in [1.54, 1.807) is 27.7 Å². The first-order valence-electron chi connectivity index (χ1n) is 23.4. The number of hydrogen-bond donors (Lipinski definition) is 2. The van der Waals surface area contributed by atoms with E-state index < -0.39 is 36.0 Å². The normalized spacial score (nSPS) is 10.4. The minimum atomic E-state index is -1.37. The van der Waals surface area contributed by atoms with Gasteiger partial charge >= 0.3 is 23.9 Å². The van der Waals surface area contributed by atoms with Crippen LogP contribution in [0.3, 0.4) is 0 Å². The third-order valence-corrected chi connectivity index (χ3v) is 9.60. The SMILES string of the molecule is CCCCCCCCCCCCCCCC(=O)Cl.CCCCCCCCCCCCCCCC(=O)NC(C(=O)OCC)C(=O)OCC.CCOC(=O)C(N)C(=O)OCC.Cl. The van der Waals surface area contributed by atoms with E-state index in [1.807, 2.05) is 0 Å². The highest BCUT2D eigenvalue weighted by Gasteiger charge is 2.31. The molecule has 0 fully saturated rings. The molecule has 0 saturated heterocycles. The molecule has 0 radical (unpaired) electrons. The van der Waals surface area contributed by atoms with Gasteiger partial charge in [-0.1, -0.05) is 168 Å². The summed E-state index contributed by atoms with van der Waals surface area (Å²) in [6.45, 7) is 11.8. The van der Waals surface area contributed by atoms with E-state index in [0.29, 0.717) is 12.8 Å². The largest absolute Gasteiger partial charge is 0.464 e. The van der Waals surface area contributed by atoms with Gasteiger partial charge in [-0.05, 0) is 52.1 Å². The number of esters is 4. The minimum absolute atomic E-state index is 0. The Morgan fingerprint density at radius 3 is 0.933 bits per heavy atom. The van der Waals surface area contributed by atoms with E-state index in [2.05, 4.69) is 28.6 Å². The molecule has 14 heteroatoms. The predicted molar refractivity (Wildman–Crippen MR) is 245 cm³/mol. The van der Waals surface area contributed by atoms with Crippen molar-refractivity contribution in [1.29, 1.82) is 0 Å². The minimum Gasteiger partial charge on any atom is -0.464 e. The Kier molecular flexibility index (Phi) is 54.5. The molecule has 0 aliphatic carbocycles. The fraction of sp³-hybridized carbons (Fsp3) is 0.870. The fourth-order valence-electron chi connectivity index (χ4n) is 6.04. The van der Waals surface area contributed by atoms with Crippen molar-refractivity contribution in [3.8, 4) is 0 Å². The number of carbonyl (C=O) groups excluding carboxylic acids is 6. The van der Waals surface area contributed by atoms with Gasteiger partial charge in [-0.2, -0.15) is 0 Å². The Labute approximate surface area is 376 Å². The van der Waals surface area contributed by atoms with E-state index in [0.717, 1.165) is 32.1 Å². The molecular formula is C46H88Cl2N2O10. The van der Waals surface area contributed by atoms with E-state index in [1.165, 1.54) is 135 Å². The van der Waals surface area contributed by atoms with Crippen LogP contribution in [0.15, 0.2) is 0 Å². The van der Waals surface area contributed by atoms with Crippen molar-refractivity contribution in [2.45, 2.75) is 233 Å². The summed E-state index contributed by atoms with van der Waals surface area (Å²) in [5.74, 6) is -3.37. The Morgan fingerprint density at radius 1 is 0.417 bits per heavy atom. The van der Waals surface area contributed by atoms with Crippen molar-refractivity contribution in [2.24, 2.45) is 5.73 Å². The van der Waals surface area contributed by atoms with Gasteiger partial charge < -0.3 is 30.0 Å². The van der Waals surface area contributed by atoms with Gasteiger partial charge in [-0.25, -0.2) is 19.2 Å². The van der Waals surface area contributed by atoms with Crippen LogP contribution in [0.1, 0.15) is 221 Å². The maximum Gasteiger partial charge on any atom is 0.340 e. The maximum atomic E-state index is 12.0. The molecule has 0 heterocycles. The molecule has 0 aromatic carbocycles. The van der Waals surface area contributed by atoms with Crippen molar-refractivity contribution in [3.05, 3.63) is 0 Å². The second kappa shape index (κ2) is 50.9. The highest BCUT2D eigenvalue weighted by Crippen LogP contribution is 2.14. The van der Waals surface area contributed by atoms with Crippen molar-refractivity contribution in [1.82, 2.24) is 5.32 Å². The smallest absolute Gasteiger partial charge is 0.340 e. The highest BCUT2D eigenvalue weighted by atomic mass is 35.5. The molecule has 0 aromatic heterocycles. The number of carbonyl (C=O) groups is 6. The van der Waals surface area contributed by atoms with E-state index >= 15 is 0 Å². The summed E-state index contributed by atoms with van der Waals surface area (Å²) in [5.41, 5.74) is 5.18. The number of nitrogens with two attached hydrogens (primary N) is 1. The molecule has 0 aliphatic heterocycles. The van der Waals surface area contributed by atoms with Gasteiger partial charge in [0.2, 0.25) is 23.2 Å². The van der Waals surface area contributed by atoms with E-state index in [4.69, 9.17) is 26.8 Å². The Hall–Kier alpha value is -2.44. The topological polar surface area (TPSA) is 177 Å². The quantitative estimate of drug-likeness (QED) is 0.0199. The number of hydrogen-bond acceptors (Lipinski definition) is 11. The van der Waals surface area contributed by atoms with E-state index in [-0.39, 0.29) is 50.0 Å². The van der Waals surface area contributed by atoms with Gasteiger partial charge in [0.05, 0.1) is 26.4 Å². The number of ether oxygens (including phenoxy) is 4. The molecule has 0 aliphatic rings. The third-order valence-electron chi connectivity index (χ3n) is 9.42. The summed E-state index contributed by atoms with van der Waals surface area (Å²) >= 11 is 5.28. The molecule has 0 unspecified atom stereocenters. The molecule has 3 N–H and O–H groups in total. The first-order valence-corrected chi connectivity index (χ1v) is 23.7. The molecule has 12 nitrogen and oxygen atoms in total. The van der Waals surface area contributed by atoms with Crippen LogP contribution in [0.2, 0.25) is 0 Å². The zero-order valence-corrected chi connectivity index (χ0v) is 40.3. The summed E-state index contributed by atoms with van der Waals surface area (Å²) in [5, 5.41) is 2.26. The standard InChI is InChI=1S/C23H43NO5.C16H31ClO.C7H13NO4.ClH/c1-4-7-8-9-10-11-12-13-14-15-16-17-18-19-20(25)24-21(22(26)28-5-2)23(27)29-6-3;1-2-3-4-5-6-7-8-9-10-11-12-13-14-15-16(17)18;1-3-11-6(9)5(8)7(10)12-4-2;/h21H,4-19H2,1-3H3,(H,24,25);2-15H2,1H3;5H,3-4,8H2,1-2H3;1H. The summed E-state index contributed by atoms with van der Waals surface area (Å²) in [6.07, 6.45) is 34.3. The lowest BCUT2D eigenvalue weighted by Gasteiger charge is -2.15. The predicted octanol–water partition coefficient (Wildman–Crippen LogP) is 11.2. The molecule has 0 aromatic rings. The molecule has 0 rings (SSSR count). The van der Waals surface area contributed by atoms with Crippen molar-refractivity contribution in [3.63, 3.8) is 0 Å². The van der Waals surface area contributed by atoms with Crippen LogP contribution < -0.4 is 11.1 Å². The van der Waals surface area contributed by atoms with Crippen LogP contribution in [0.25, 0.3) is 0 Å². The summed E-state index contributed by atoms with van der Waals surface area (Å²) in [6, 6.07) is -2.69. The number of unbranched alkanes of at least 4 members (excludes halogenated alkanes) is 24. The Bertz CT molecular complexity index is 999. The molecular weight excluding hydrogens is 811 g/mol. The highest BCUT2D eigenvalue weighted by molar-refractivity contribution is 6.63. The number of amides is 1. The molecule has 0 spiro atoms. The molecule has 0 saturated carbocycles. The number of nitrogens with one attached hydrogen (secondary N) is 1. The van der Waals surface area contributed by atoms with Crippen LogP contribution in [0.4, 0.5) is 0 Å². The van der Waals surface area contributed by atoms with Crippen LogP contribution in [0, 0.1) is 0 Å². The van der Waals surface area contributed by atoms with Crippen LogP contribution in [-0.4, -0.2) is 73.5 Å². The van der Waals surface area contributed by atoms with Crippen molar-refractivity contribution < 1.29 is 47.7 Å². The van der Waals surface area contributed by atoms with Gasteiger partial charge in [0.15, 0.2) is 0 Å². The van der Waals surface area contributed by atoms with Gasteiger partial charge in [-0.15, -0.1) is 12.4 Å². The van der Waals surface area contributed by atoms with Gasteiger partial charge in [0.1, 0.15) is 0 Å². The lowest BCUT2D eigenvalue weighted by molar-refractivity contribution is -0.160. The van der Waals surface area contributed by atoms with Crippen LogP contribution in [0.5, 0.6) is 0 Å². The zero-order chi connectivity index (χ0) is 44.8. The third kappa shape index (κ3) is 46.6. The first-order chi connectivity index (χ1) is 28.5. The van der Waals surface area contributed by atoms with Crippen molar-refractivity contribution >= 4 is 59.0 Å². The Balaban J connectivity index is -0.000000430. The van der Waals surface area contributed by atoms with E-state index in [9.17, 15) is 28.8 Å². The molecule has 1 amide bonds. The van der Waals surface area contributed by atoms with Crippen molar-refractivity contribution in [2.75, 3.05) is 26.4 Å². The monoisotopic (exact) mass is 899 g/mol. The van der Waals surface area contributed by atoms with Gasteiger partial charge in [-0.3, -0.25) is 9.59 Å². The second-order valence-corrected chi connectivity index (χ2v) is 15.2. The Morgan fingerprint density at radius 2 is 0.667 bits per heavy atom. The first kappa shape index (κ1) is 64.2. The average molecular weight is 900 g/mol. The van der Waals surface area contributed by atoms with Gasteiger partial charge in [0.25, 0.3) is 0 Å². The molecule has 356 valence electrons. The fourth-order valence-corrected chi connectivity index (χ4v) is 6.18. The maximum absolute atomic E-state index is 12.0. The average Bonchev–Trinajstić information content (AvgIpc) is 3.20.